The number of fused-ring (bicyclic) bond motifs is 4. The van der Waals surface area contributed by atoms with Crippen molar-refractivity contribution in [3.63, 3.8) is 0 Å². The molecule has 4 amide bonds. The molecule has 2 saturated heterocycles. The zero-order valence-electron chi connectivity index (χ0n) is 35.1. The molecule has 5 atom stereocenters. The summed E-state index contributed by atoms with van der Waals surface area (Å²) in [6.45, 7) is 6.15. The fourth-order valence-electron chi connectivity index (χ4n) is 10.3. The van der Waals surface area contributed by atoms with E-state index in [0.717, 1.165) is 44.9 Å². The van der Waals surface area contributed by atoms with Gasteiger partial charge in [-0.05, 0) is 85.1 Å². The summed E-state index contributed by atoms with van der Waals surface area (Å²) in [5.41, 5.74) is 4.71. The number of hydrogen-bond acceptors (Lipinski definition) is 7. The van der Waals surface area contributed by atoms with E-state index in [1.165, 1.54) is 0 Å². The summed E-state index contributed by atoms with van der Waals surface area (Å²) in [6, 6.07) is 28.2. The minimum Gasteiger partial charge on any atom is -0.432 e. The number of aromatic amines is 2. The molecule has 2 fully saturated rings. The van der Waals surface area contributed by atoms with Crippen molar-refractivity contribution in [3.05, 3.63) is 126 Å². The average Bonchev–Trinajstić information content (AvgIpc) is 4.08. The summed E-state index contributed by atoms with van der Waals surface area (Å²) in [5.74, 6) is -1.41. The first-order valence-corrected chi connectivity index (χ1v) is 24.4. The number of aliphatic hydroxyl groups excluding tert-OH is 1. The average molecular weight is 853 g/mol. The number of rotatable bonds is 12. The van der Waals surface area contributed by atoms with Gasteiger partial charge in [0.05, 0.1) is 50.2 Å². The number of ether oxygens (including phenoxy) is 1. The molecule has 6 aromatic rings. The number of H-pyrrole nitrogens is 2. The standard InChI is InChI=1S/C48H52N6O7Si/c1-29-46(62(2,3)60)42(24-45(58)53-20-8-9-35(53)28-55)61-48(29)38-23-34(52-44(57)22-32-26-50-40-13-7-5-11-37(32)40)18-19-41(38)54(47(48)59)27-30-14-16-33(17-15-30)51-43(56)21-31-25-49-39-12-6-4-10-36(31)39/h4-7,10-19,23,25-26,29,35,42,46,49-50,55,60H,8-9,20-22,24,27-28H2,1-3H3,(H,51,56)(H,52,57)/t29-,35-,42+,46-,48+/m0/s1. The lowest BCUT2D eigenvalue weighted by atomic mass is 9.82. The Morgan fingerprint density at radius 2 is 1.45 bits per heavy atom. The number of nitrogens with zero attached hydrogens (tertiary/aromatic N) is 2. The Balaban J connectivity index is 1.00. The molecular formula is C48H52N6O7Si. The number of carbonyl (C=O) groups excluding carboxylic acids is 4. The van der Waals surface area contributed by atoms with Gasteiger partial charge in [-0.3, -0.25) is 19.2 Å². The highest BCUT2D eigenvalue weighted by Crippen LogP contribution is 2.60. The molecule has 1 spiro atoms. The van der Waals surface area contributed by atoms with E-state index in [-0.39, 0.29) is 62.1 Å². The lowest BCUT2D eigenvalue weighted by Crippen LogP contribution is -2.46. The molecule has 0 unspecified atom stereocenters. The molecule has 2 aromatic heterocycles. The van der Waals surface area contributed by atoms with E-state index in [9.17, 15) is 24.3 Å². The number of anilines is 3. The minimum atomic E-state index is -3.10. The number of aromatic nitrogens is 2. The van der Waals surface area contributed by atoms with Crippen molar-refractivity contribution in [1.29, 1.82) is 0 Å². The van der Waals surface area contributed by atoms with Crippen molar-refractivity contribution in [1.82, 2.24) is 14.9 Å². The topological polar surface area (TPSA) is 180 Å². The molecule has 0 bridgehead atoms. The van der Waals surface area contributed by atoms with E-state index in [4.69, 9.17) is 4.74 Å². The molecule has 3 aliphatic heterocycles. The molecular weight excluding hydrogens is 801 g/mol. The second-order valence-electron chi connectivity index (χ2n) is 17.6. The molecule has 13 nitrogen and oxygen atoms in total. The van der Waals surface area contributed by atoms with E-state index >= 15 is 4.79 Å². The molecule has 320 valence electrons. The van der Waals surface area contributed by atoms with Crippen molar-refractivity contribution >= 4 is 70.8 Å². The SMILES string of the molecule is C[C@H]1[C@H]([Si](C)(C)O)[C@@H](CC(=O)N2CCC[C@H]2CO)O[C@]12C(=O)N(Cc1ccc(NC(=O)Cc3c[nH]c4ccccc34)cc1)c1ccc(NC(=O)Cc3c[nH]c4ccccc34)cc12. The van der Waals surface area contributed by atoms with Crippen LogP contribution < -0.4 is 15.5 Å². The Labute approximate surface area is 360 Å². The van der Waals surface area contributed by atoms with Crippen LogP contribution in [0.5, 0.6) is 0 Å². The van der Waals surface area contributed by atoms with Crippen LogP contribution in [-0.2, 0) is 48.9 Å². The van der Waals surface area contributed by atoms with Gasteiger partial charge in [0.1, 0.15) is 0 Å². The smallest absolute Gasteiger partial charge is 0.264 e. The summed E-state index contributed by atoms with van der Waals surface area (Å²) in [7, 11) is -3.10. The molecule has 0 radical (unpaired) electrons. The largest absolute Gasteiger partial charge is 0.432 e. The maximum Gasteiger partial charge on any atom is 0.264 e. The maximum atomic E-state index is 15.2. The summed E-state index contributed by atoms with van der Waals surface area (Å²) >= 11 is 0. The molecule has 9 rings (SSSR count). The zero-order valence-corrected chi connectivity index (χ0v) is 36.1. The van der Waals surface area contributed by atoms with Gasteiger partial charge in [0, 0.05) is 69.1 Å². The first kappa shape index (κ1) is 41.3. The van der Waals surface area contributed by atoms with Crippen LogP contribution >= 0.6 is 0 Å². The van der Waals surface area contributed by atoms with Crippen LogP contribution in [0.15, 0.2) is 103 Å². The number of nitrogens with one attached hydrogen (secondary N) is 4. The minimum absolute atomic E-state index is 0.0403. The first-order chi connectivity index (χ1) is 29.8. The summed E-state index contributed by atoms with van der Waals surface area (Å²) in [4.78, 5) is 77.5. The molecule has 62 heavy (non-hydrogen) atoms. The molecule has 6 N–H and O–H groups in total. The lowest BCUT2D eigenvalue weighted by molar-refractivity contribution is -0.150. The van der Waals surface area contributed by atoms with Gasteiger partial charge >= 0.3 is 0 Å². The van der Waals surface area contributed by atoms with Gasteiger partial charge in [-0.1, -0.05) is 55.5 Å². The molecule has 0 aliphatic carbocycles. The van der Waals surface area contributed by atoms with Gasteiger partial charge in [-0.15, -0.1) is 0 Å². The monoisotopic (exact) mass is 852 g/mol. The Kier molecular flexibility index (Phi) is 10.9. The van der Waals surface area contributed by atoms with Crippen LogP contribution in [0.2, 0.25) is 18.6 Å². The van der Waals surface area contributed by atoms with E-state index in [2.05, 4.69) is 20.6 Å². The second-order valence-corrected chi connectivity index (χ2v) is 21.6. The number of hydrogen-bond donors (Lipinski definition) is 6. The van der Waals surface area contributed by atoms with Gasteiger partial charge in [-0.2, -0.15) is 0 Å². The Bertz CT molecular complexity index is 2690. The number of aliphatic hydroxyl groups is 1. The predicted octanol–water partition coefficient (Wildman–Crippen LogP) is 6.73. The third kappa shape index (κ3) is 7.50. The number of amides is 4. The van der Waals surface area contributed by atoms with E-state index < -0.39 is 31.5 Å². The van der Waals surface area contributed by atoms with Crippen molar-refractivity contribution in [3.8, 4) is 0 Å². The fourth-order valence-corrected chi connectivity index (χ4v) is 12.9. The van der Waals surface area contributed by atoms with Gasteiger partial charge in [-0.25, -0.2) is 0 Å². The Morgan fingerprint density at radius 1 is 0.855 bits per heavy atom. The van der Waals surface area contributed by atoms with Crippen LogP contribution in [0.25, 0.3) is 21.8 Å². The first-order valence-electron chi connectivity index (χ1n) is 21.4. The van der Waals surface area contributed by atoms with Crippen LogP contribution in [-0.4, -0.2) is 82.0 Å². The summed E-state index contributed by atoms with van der Waals surface area (Å²) < 4.78 is 7.00. The number of likely N-dealkylation sites (tertiary alicyclic amines) is 1. The maximum absolute atomic E-state index is 15.2. The third-order valence-electron chi connectivity index (χ3n) is 13.2. The number of benzene rings is 4. The van der Waals surface area contributed by atoms with Crippen LogP contribution in [0, 0.1) is 5.92 Å². The molecule has 14 heteroatoms. The Morgan fingerprint density at radius 3 is 2.06 bits per heavy atom. The van der Waals surface area contributed by atoms with Crippen LogP contribution in [0.4, 0.5) is 17.1 Å². The predicted molar refractivity (Wildman–Crippen MR) is 241 cm³/mol. The van der Waals surface area contributed by atoms with Crippen LogP contribution in [0.3, 0.4) is 0 Å². The molecule has 5 heterocycles. The second kappa shape index (κ2) is 16.3. The summed E-state index contributed by atoms with van der Waals surface area (Å²) in [6.07, 6.45) is 4.73. The lowest BCUT2D eigenvalue weighted by Gasteiger charge is -2.33. The number of carbonyl (C=O) groups is 4. The van der Waals surface area contributed by atoms with Crippen LogP contribution in [0.1, 0.15) is 48.4 Å². The normalized spacial score (nSPS) is 22.2. The van der Waals surface area contributed by atoms with Gasteiger partial charge in [0.15, 0.2) is 13.9 Å². The van der Waals surface area contributed by atoms with Crippen molar-refractivity contribution in [2.24, 2.45) is 5.92 Å². The summed E-state index contributed by atoms with van der Waals surface area (Å²) in [5, 5.41) is 18.0. The molecule has 3 aliphatic rings. The van der Waals surface area contributed by atoms with Crippen molar-refractivity contribution < 1.29 is 33.8 Å². The van der Waals surface area contributed by atoms with Gasteiger partial charge < -0.3 is 45.0 Å². The molecule has 0 saturated carbocycles. The van der Waals surface area contributed by atoms with Gasteiger partial charge in [0.25, 0.3) is 5.91 Å². The van der Waals surface area contributed by atoms with E-state index in [1.54, 1.807) is 21.9 Å². The quantitative estimate of drug-likeness (QED) is 0.0739. The van der Waals surface area contributed by atoms with Crippen molar-refractivity contribution in [2.45, 2.75) is 82.0 Å². The molecule has 4 aromatic carbocycles. The highest BCUT2D eigenvalue weighted by molar-refractivity contribution is 6.71. The Hall–Kier alpha value is -6.06. The van der Waals surface area contributed by atoms with E-state index in [1.807, 2.05) is 111 Å². The number of para-hydroxylation sites is 2. The van der Waals surface area contributed by atoms with Gasteiger partial charge in [0.2, 0.25) is 17.7 Å². The fraction of sp³-hybridized carbons (Fsp3) is 0.333. The highest BCUT2D eigenvalue weighted by Gasteiger charge is 2.66. The van der Waals surface area contributed by atoms with E-state index in [0.29, 0.717) is 35.6 Å². The highest BCUT2D eigenvalue weighted by atomic mass is 28.4. The van der Waals surface area contributed by atoms with Crippen molar-refractivity contribution in [2.75, 3.05) is 28.7 Å². The third-order valence-corrected chi connectivity index (χ3v) is 15.7. The zero-order chi connectivity index (χ0) is 43.3.